The molecular weight excluding hydrogens is 324 g/mol. The first kappa shape index (κ1) is 16.7. The van der Waals surface area contributed by atoms with E-state index >= 15 is 0 Å². The molecule has 0 N–H and O–H groups in total. The molecule has 0 aliphatic rings. The van der Waals surface area contributed by atoms with Gasteiger partial charge in [0.2, 0.25) is 0 Å². The number of halogens is 6. The molecule has 8 heteroatoms. The van der Waals surface area contributed by atoms with Crippen molar-refractivity contribution in [2.45, 2.75) is 12.5 Å². The van der Waals surface area contributed by atoms with Crippen LogP contribution in [-0.4, -0.2) is 6.36 Å². The van der Waals surface area contributed by atoms with E-state index in [9.17, 15) is 26.3 Å². The summed E-state index contributed by atoms with van der Waals surface area (Å²) in [5.41, 5.74) is -1.70. The molecule has 0 unspecified atom stereocenters. The second-order valence-electron chi connectivity index (χ2n) is 4.41. The third kappa shape index (κ3) is 3.94. The molecule has 23 heavy (non-hydrogen) atoms. The minimum Gasteiger partial charge on any atom is -0.406 e. The van der Waals surface area contributed by atoms with E-state index in [4.69, 9.17) is 5.26 Å². The molecule has 0 aliphatic carbocycles. The van der Waals surface area contributed by atoms with Crippen molar-refractivity contribution in [3.8, 4) is 22.9 Å². The topological polar surface area (TPSA) is 33.0 Å². The number of hydrogen-bond donors (Lipinski definition) is 0. The summed E-state index contributed by atoms with van der Waals surface area (Å²) in [5.74, 6) is -0.566. The average Bonchev–Trinajstić information content (AvgIpc) is 2.44. The van der Waals surface area contributed by atoms with Crippen LogP contribution in [-0.2, 0) is 6.18 Å². The van der Waals surface area contributed by atoms with Crippen LogP contribution in [0.4, 0.5) is 26.3 Å². The number of nitriles is 1. The van der Waals surface area contributed by atoms with Crippen molar-refractivity contribution in [1.82, 2.24) is 0 Å². The molecule has 0 saturated heterocycles. The maximum atomic E-state index is 13.1. The minimum atomic E-state index is -4.90. The van der Waals surface area contributed by atoms with E-state index in [2.05, 4.69) is 4.74 Å². The third-order valence-electron chi connectivity index (χ3n) is 2.87. The van der Waals surface area contributed by atoms with Crippen molar-refractivity contribution in [3.63, 3.8) is 0 Å². The van der Waals surface area contributed by atoms with E-state index in [1.165, 1.54) is 6.07 Å². The number of nitrogens with zero attached hydrogens (tertiary/aromatic N) is 1. The fourth-order valence-corrected chi connectivity index (χ4v) is 2.02. The Morgan fingerprint density at radius 1 is 0.870 bits per heavy atom. The van der Waals surface area contributed by atoms with Crippen molar-refractivity contribution in [3.05, 3.63) is 53.6 Å². The third-order valence-corrected chi connectivity index (χ3v) is 2.87. The van der Waals surface area contributed by atoms with Gasteiger partial charge in [0.1, 0.15) is 5.75 Å². The van der Waals surface area contributed by atoms with Gasteiger partial charge in [0.15, 0.2) is 0 Å². The summed E-state index contributed by atoms with van der Waals surface area (Å²) in [4.78, 5) is 0. The van der Waals surface area contributed by atoms with Crippen molar-refractivity contribution in [2.24, 2.45) is 0 Å². The monoisotopic (exact) mass is 331 g/mol. The molecule has 2 aromatic rings. The minimum absolute atomic E-state index is 0.0380. The maximum Gasteiger partial charge on any atom is 0.573 e. The van der Waals surface area contributed by atoms with Gasteiger partial charge >= 0.3 is 12.5 Å². The van der Waals surface area contributed by atoms with Crippen LogP contribution in [0.25, 0.3) is 11.1 Å². The lowest BCUT2D eigenvalue weighted by Crippen LogP contribution is -2.17. The van der Waals surface area contributed by atoms with Gasteiger partial charge in [-0.15, -0.1) is 13.2 Å². The standard InChI is InChI=1S/C15H7F6NO/c16-14(17,18)12-3-1-2-10(8-22)13(12)9-4-6-11(7-5-9)23-15(19,20)21/h1-7H. The highest BCUT2D eigenvalue weighted by Gasteiger charge is 2.35. The summed E-state index contributed by atoms with van der Waals surface area (Å²) in [5, 5.41) is 8.99. The van der Waals surface area contributed by atoms with Crippen molar-refractivity contribution in [2.75, 3.05) is 0 Å². The number of hydrogen-bond acceptors (Lipinski definition) is 2. The Kier molecular flexibility index (Phi) is 4.23. The lowest BCUT2D eigenvalue weighted by atomic mass is 9.94. The molecule has 2 rings (SSSR count). The second-order valence-corrected chi connectivity index (χ2v) is 4.41. The second kappa shape index (κ2) is 5.83. The molecule has 0 spiro atoms. The van der Waals surface area contributed by atoms with E-state index < -0.39 is 23.9 Å². The van der Waals surface area contributed by atoms with Gasteiger partial charge in [0, 0.05) is 5.56 Å². The van der Waals surface area contributed by atoms with E-state index in [-0.39, 0.29) is 16.7 Å². The van der Waals surface area contributed by atoms with Gasteiger partial charge in [-0.3, -0.25) is 0 Å². The molecule has 120 valence electrons. The highest BCUT2D eigenvalue weighted by Crippen LogP contribution is 2.39. The van der Waals surface area contributed by atoms with Crippen molar-refractivity contribution < 1.29 is 31.1 Å². The molecule has 0 radical (unpaired) electrons. The van der Waals surface area contributed by atoms with Crippen LogP contribution in [0.3, 0.4) is 0 Å². The van der Waals surface area contributed by atoms with Crippen LogP contribution < -0.4 is 4.74 Å². The molecular formula is C15H7F6NO. The van der Waals surface area contributed by atoms with Crippen LogP contribution in [0.15, 0.2) is 42.5 Å². The summed E-state index contributed by atoms with van der Waals surface area (Å²) in [6.07, 6.45) is -9.60. The van der Waals surface area contributed by atoms with Crippen molar-refractivity contribution >= 4 is 0 Å². The molecule has 0 bridgehead atoms. The van der Waals surface area contributed by atoms with Gasteiger partial charge in [-0.2, -0.15) is 18.4 Å². The van der Waals surface area contributed by atoms with Crippen LogP contribution in [0.5, 0.6) is 5.75 Å². The Hall–Kier alpha value is -2.69. The van der Waals surface area contributed by atoms with E-state index in [1.54, 1.807) is 6.07 Å². The molecule has 2 nitrogen and oxygen atoms in total. The average molecular weight is 331 g/mol. The fraction of sp³-hybridized carbons (Fsp3) is 0.133. The van der Waals surface area contributed by atoms with Gasteiger partial charge in [-0.1, -0.05) is 18.2 Å². The number of rotatable bonds is 2. The predicted octanol–water partition coefficient (Wildman–Crippen LogP) is 5.14. The number of alkyl halides is 6. The Bertz CT molecular complexity index is 741. The first-order chi connectivity index (χ1) is 10.6. The largest absolute Gasteiger partial charge is 0.573 e. The zero-order valence-electron chi connectivity index (χ0n) is 11.2. The van der Waals surface area contributed by atoms with E-state index in [0.717, 1.165) is 36.4 Å². The van der Waals surface area contributed by atoms with Crippen molar-refractivity contribution in [1.29, 1.82) is 5.26 Å². The zero-order valence-corrected chi connectivity index (χ0v) is 11.2. The lowest BCUT2D eigenvalue weighted by Gasteiger charge is -2.15. The van der Waals surface area contributed by atoms with Crippen LogP contribution in [0.1, 0.15) is 11.1 Å². The Balaban J connectivity index is 2.52. The van der Waals surface area contributed by atoms with E-state index in [1.807, 2.05) is 0 Å². The fourth-order valence-electron chi connectivity index (χ4n) is 2.02. The Morgan fingerprint density at radius 3 is 1.96 bits per heavy atom. The molecule has 0 aliphatic heterocycles. The predicted molar refractivity (Wildman–Crippen MR) is 68.3 cm³/mol. The molecule has 0 fully saturated rings. The summed E-state index contributed by atoms with van der Waals surface area (Å²) in [6.45, 7) is 0. The maximum absolute atomic E-state index is 13.1. The lowest BCUT2D eigenvalue weighted by molar-refractivity contribution is -0.274. The number of benzene rings is 2. The van der Waals surface area contributed by atoms with Gasteiger partial charge in [0.25, 0.3) is 0 Å². The SMILES string of the molecule is N#Cc1cccc(C(F)(F)F)c1-c1ccc(OC(F)(F)F)cc1. The Morgan fingerprint density at radius 2 is 1.48 bits per heavy atom. The number of ether oxygens (including phenoxy) is 1. The van der Waals surface area contributed by atoms with Gasteiger partial charge < -0.3 is 4.74 Å². The smallest absolute Gasteiger partial charge is 0.406 e. The first-order valence-corrected chi connectivity index (χ1v) is 6.08. The highest BCUT2D eigenvalue weighted by molar-refractivity contribution is 5.75. The summed E-state index contributed by atoms with van der Waals surface area (Å²) in [6, 6.07) is 8.58. The zero-order chi connectivity index (χ0) is 17.3. The van der Waals surface area contributed by atoms with E-state index in [0.29, 0.717) is 0 Å². The van der Waals surface area contributed by atoms with Gasteiger partial charge in [0.05, 0.1) is 17.2 Å². The molecule has 0 heterocycles. The molecule has 0 amide bonds. The Labute approximate surface area is 126 Å². The molecule has 0 aromatic heterocycles. The first-order valence-electron chi connectivity index (χ1n) is 6.08. The normalized spacial score (nSPS) is 11.9. The van der Waals surface area contributed by atoms with Crippen LogP contribution in [0, 0.1) is 11.3 Å². The summed E-state index contributed by atoms with van der Waals surface area (Å²) in [7, 11) is 0. The molecule has 0 saturated carbocycles. The van der Waals surface area contributed by atoms with Gasteiger partial charge in [-0.25, -0.2) is 0 Å². The summed E-state index contributed by atoms with van der Waals surface area (Å²) >= 11 is 0. The summed E-state index contributed by atoms with van der Waals surface area (Å²) < 4.78 is 79.1. The highest BCUT2D eigenvalue weighted by atomic mass is 19.4. The van der Waals surface area contributed by atoms with Crippen LogP contribution >= 0.6 is 0 Å². The van der Waals surface area contributed by atoms with Gasteiger partial charge in [-0.05, 0) is 29.8 Å². The quantitative estimate of drug-likeness (QED) is 0.714. The molecule has 0 atom stereocenters. The van der Waals surface area contributed by atoms with Crippen LogP contribution in [0.2, 0.25) is 0 Å². The molecule has 2 aromatic carbocycles.